The van der Waals surface area contributed by atoms with Crippen LogP contribution in [0.1, 0.15) is 38.9 Å². The van der Waals surface area contributed by atoms with Crippen LogP contribution < -0.4 is 0 Å². The molecule has 0 aliphatic rings. The van der Waals surface area contributed by atoms with E-state index in [0.29, 0.717) is 18.7 Å². The molecule has 0 fully saturated rings. The lowest BCUT2D eigenvalue weighted by atomic mass is 10.0. The molecule has 0 bridgehead atoms. The average molecular weight is 298 g/mol. The van der Waals surface area contributed by atoms with Crippen molar-refractivity contribution in [2.24, 2.45) is 11.1 Å². The average Bonchev–Trinajstić information content (AvgIpc) is 2.45. The van der Waals surface area contributed by atoms with Gasteiger partial charge in [-0.05, 0) is 18.4 Å². The standard InChI is InChI=1S/C14H20NO4P/c1-11(2)10-18-20(17)19-14(9-12(3)15-16)13-7-5-4-6-8-13/h4-8,11,14H,9-10H2,1-3H3/p+1. The number of nitrogens with zero attached hydrogens (tertiary/aromatic N) is 1. The van der Waals surface area contributed by atoms with Gasteiger partial charge in [0.05, 0.1) is 5.71 Å². The lowest BCUT2D eigenvalue weighted by Gasteiger charge is -2.10. The molecule has 2 atom stereocenters. The summed E-state index contributed by atoms with van der Waals surface area (Å²) in [5.74, 6) is 0.286. The van der Waals surface area contributed by atoms with Crippen LogP contribution in [0.3, 0.4) is 0 Å². The molecule has 2 unspecified atom stereocenters. The molecule has 0 heterocycles. The summed E-state index contributed by atoms with van der Waals surface area (Å²) in [6, 6.07) is 9.39. The molecule has 20 heavy (non-hydrogen) atoms. The number of oxime groups is 1. The number of rotatable bonds is 8. The third kappa shape index (κ3) is 6.24. The molecule has 0 saturated carbocycles. The number of hydrogen-bond acceptors (Lipinski definition) is 5. The largest absolute Gasteiger partial charge is 0.698 e. The molecule has 0 amide bonds. The molecular weight excluding hydrogens is 277 g/mol. The first-order valence-corrected chi connectivity index (χ1v) is 7.62. The first kappa shape index (κ1) is 16.8. The van der Waals surface area contributed by atoms with Crippen molar-refractivity contribution in [3.63, 3.8) is 0 Å². The molecule has 1 aromatic rings. The second-order valence-corrected chi connectivity index (χ2v) is 5.87. The maximum Gasteiger partial charge on any atom is 0.698 e. The molecule has 0 spiro atoms. The van der Waals surface area contributed by atoms with Crippen LogP contribution in [0.15, 0.2) is 35.5 Å². The first-order valence-electron chi connectivity index (χ1n) is 6.52. The van der Waals surface area contributed by atoms with Crippen LogP contribution in [-0.4, -0.2) is 17.5 Å². The molecule has 110 valence electrons. The predicted molar refractivity (Wildman–Crippen MR) is 78.2 cm³/mol. The van der Waals surface area contributed by atoms with Gasteiger partial charge in [-0.1, -0.05) is 49.3 Å². The molecule has 1 aromatic carbocycles. The summed E-state index contributed by atoms with van der Waals surface area (Å²) in [6.45, 7) is 6.01. The van der Waals surface area contributed by atoms with E-state index in [1.165, 1.54) is 0 Å². The molecule has 0 saturated heterocycles. The van der Waals surface area contributed by atoms with Crippen molar-refractivity contribution in [2.75, 3.05) is 6.61 Å². The van der Waals surface area contributed by atoms with Crippen LogP contribution in [-0.2, 0) is 13.6 Å². The zero-order valence-electron chi connectivity index (χ0n) is 12.0. The molecule has 0 aliphatic heterocycles. The Morgan fingerprint density at radius 3 is 2.55 bits per heavy atom. The fourth-order valence-corrected chi connectivity index (χ4v) is 2.42. The highest BCUT2D eigenvalue weighted by atomic mass is 31.1. The van der Waals surface area contributed by atoms with Crippen LogP contribution in [0.5, 0.6) is 0 Å². The maximum absolute atomic E-state index is 11.8. The highest BCUT2D eigenvalue weighted by Gasteiger charge is 2.29. The minimum atomic E-state index is -2.20. The fraction of sp³-hybridized carbons (Fsp3) is 0.500. The Kier molecular flexibility index (Phi) is 7.37. The van der Waals surface area contributed by atoms with Gasteiger partial charge < -0.3 is 5.21 Å². The Morgan fingerprint density at radius 1 is 1.35 bits per heavy atom. The van der Waals surface area contributed by atoms with Gasteiger partial charge in [0.15, 0.2) is 0 Å². The molecule has 0 aliphatic carbocycles. The van der Waals surface area contributed by atoms with Crippen LogP contribution in [0.4, 0.5) is 0 Å². The van der Waals surface area contributed by atoms with Gasteiger partial charge in [0.1, 0.15) is 12.7 Å². The van der Waals surface area contributed by atoms with Gasteiger partial charge in [-0.3, -0.25) is 0 Å². The van der Waals surface area contributed by atoms with E-state index in [2.05, 4.69) is 5.16 Å². The van der Waals surface area contributed by atoms with Gasteiger partial charge in [0.2, 0.25) is 0 Å². The summed E-state index contributed by atoms with van der Waals surface area (Å²) in [5.41, 5.74) is 1.37. The third-order valence-electron chi connectivity index (χ3n) is 2.55. The minimum Gasteiger partial charge on any atom is -0.411 e. The van der Waals surface area contributed by atoms with Crippen molar-refractivity contribution in [1.29, 1.82) is 0 Å². The van der Waals surface area contributed by atoms with Gasteiger partial charge in [0.25, 0.3) is 0 Å². The summed E-state index contributed by atoms with van der Waals surface area (Å²) in [4.78, 5) is 0. The van der Waals surface area contributed by atoms with Gasteiger partial charge in [-0.2, -0.15) is 0 Å². The maximum atomic E-state index is 11.8. The van der Waals surface area contributed by atoms with Crippen molar-refractivity contribution in [1.82, 2.24) is 0 Å². The van der Waals surface area contributed by atoms with Crippen LogP contribution in [0.25, 0.3) is 0 Å². The van der Waals surface area contributed by atoms with E-state index in [1.807, 2.05) is 44.2 Å². The molecule has 5 nitrogen and oxygen atoms in total. The highest BCUT2D eigenvalue weighted by Crippen LogP contribution is 2.35. The van der Waals surface area contributed by atoms with Crippen molar-refractivity contribution in [3.05, 3.63) is 35.9 Å². The smallest absolute Gasteiger partial charge is 0.411 e. The third-order valence-corrected chi connectivity index (χ3v) is 3.34. The molecule has 1 rings (SSSR count). The Labute approximate surface area is 120 Å². The number of benzene rings is 1. The van der Waals surface area contributed by atoms with E-state index >= 15 is 0 Å². The first-order chi connectivity index (χ1) is 9.52. The summed E-state index contributed by atoms with van der Waals surface area (Å²) >= 11 is 0. The van der Waals surface area contributed by atoms with Crippen LogP contribution >= 0.6 is 8.25 Å². The van der Waals surface area contributed by atoms with Gasteiger partial charge in [-0.25, -0.2) is 0 Å². The molecule has 1 N–H and O–H groups in total. The van der Waals surface area contributed by atoms with Crippen molar-refractivity contribution >= 4 is 14.0 Å². The van der Waals surface area contributed by atoms with E-state index in [-0.39, 0.29) is 5.92 Å². The van der Waals surface area contributed by atoms with E-state index in [4.69, 9.17) is 14.3 Å². The summed E-state index contributed by atoms with van der Waals surface area (Å²) in [7, 11) is -2.20. The van der Waals surface area contributed by atoms with Gasteiger partial charge in [0, 0.05) is 11.0 Å². The van der Waals surface area contributed by atoms with E-state index < -0.39 is 14.4 Å². The lowest BCUT2D eigenvalue weighted by Crippen LogP contribution is -2.07. The van der Waals surface area contributed by atoms with E-state index in [1.54, 1.807) is 6.92 Å². The predicted octanol–water partition coefficient (Wildman–Crippen LogP) is 4.31. The van der Waals surface area contributed by atoms with Crippen LogP contribution in [0.2, 0.25) is 0 Å². The molecule has 0 aromatic heterocycles. The lowest BCUT2D eigenvalue weighted by molar-refractivity contribution is 0.159. The zero-order valence-corrected chi connectivity index (χ0v) is 12.9. The monoisotopic (exact) mass is 298 g/mol. The second-order valence-electron chi connectivity index (χ2n) is 4.96. The summed E-state index contributed by atoms with van der Waals surface area (Å²) in [5, 5.41) is 11.9. The van der Waals surface area contributed by atoms with E-state index in [9.17, 15) is 4.57 Å². The molecular formula is C14H21NO4P+. The Morgan fingerprint density at radius 2 is 2.00 bits per heavy atom. The topological polar surface area (TPSA) is 68.1 Å². The minimum absolute atomic E-state index is 0.286. The second kappa shape index (κ2) is 8.80. The Balaban J connectivity index is 2.71. The highest BCUT2D eigenvalue weighted by molar-refractivity contribution is 7.33. The quantitative estimate of drug-likeness (QED) is 0.336. The SMILES string of the molecule is CC(CC(O[P+](=O)OCC(C)C)c1ccccc1)=NO. The molecule has 0 radical (unpaired) electrons. The van der Waals surface area contributed by atoms with Gasteiger partial charge in [-0.15, -0.1) is 9.05 Å². The zero-order chi connectivity index (χ0) is 15.0. The normalized spacial score (nSPS) is 14.4. The van der Waals surface area contributed by atoms with Crippen molar-refractivity contribution < 1.29 is 18.8 Å². The van der Waals surface area contributed by atoms with E-state index in [0.717, 1.165) is 5.56 Å². The Hall–Kier alpha value is -1.29. The van der Waals surface area contributed by atoms with Gasteiger partial charge >= 0.3 is 8.25 Å². The van der Waals surface area contributed by atoms with Crippen LogP contribution in [0, 0.1) is 5.92 Å². The Bertz CT molecular complexity index is 448. The molecule has 6 heteroatoms. The van der Waals surface area contributed by atoms with Crippen molar-refractivity contribution in [3.8, 4) is 0 Å². The summed E-state index contributed by atoms with van der Waals surface area (Å²) < 4.78 is 22.4. The fourth-order valence-electron chi connectivity index (χ4n) is 1.54. The van der Waals surface area contributed by atoms with Crippen molar-refractivity contribution in [2.45, 2.75) is 33.3 Å². The summed E-state index contributed by atoms with van der Waals surface area (Å²) in [6.07, 6.45) is -0.102. The number of hydrogen-bond donors (Lipinski definition) is 1.